The van der Waals surface area contributed by atoms with Crippen LogP contribution in [0.3, 0.4) is 0 Å². The van der Waals surface area contributed by atoms with Crippen LogP contribution in [0.15, 0.2) is 18.2 Å². The van der Waals surface area contributed by atoms with Crippen molar-refractivity contribution in [1.29, 1.82) is 0 Å². The average molecular weight is 341 g/mol. The van der Waals surface area contributed by atoms with Gasteiger partial charge >= 0.3 is 0 Å². The molecule has 1 amide bonds. The number of halogens is 1. The maximum absolute atomic E-state index is 11.8. The molecule has 0 radical (unpaired) electrons. The van der Waals surface area contributed by atoms with Gasteiger partial charge in [0, 0.05) is 43.3 Å². The zero-order valence-electron chi connectivity index (χ0n) is 13.3. The van der Waals surface area contributed by atoms with Gasteiger partial charge in [0.1, 0.15) is 5.69 Å². The molecule has 1 N–H and O–H groups in total. The number of hydrogen-bond donors (Lipinski definition) is 1. The molecule has 23 heavy (non-hydrogen) atoms. The number of carbonyl (C=O) groups is 1. The molecule has 0 aromatic heterocycles. The van der Waals surface area contributed by atoms with Crippen LogP contribution in [0.25, 0.3) is 0 Å². The minimum atomic E-state index is -0.395. The number of nitrogens with one attached hydrogen (secondary N) is 1. The van der Waals surface area contributed by atoms with Crippen LogP contribution < -0.4 is 10.2 Å². The van der Waals surface area contributed by atoms with Gasteiger partial charge in [-0.15, -0.1) is 0 Å². The average Bonchev–Trinajstić information content (AvgIpc) is 2.46. The highest BCUT2D eigenvalue weighted by atomic mass is 35.5. The summed E-state index contributed by atoms with van der Waals surface area (Å²) in [6.45, 7) is 6.79. The first kappa shape index (κ1) is 17.5. The number of nitro benzene ring substituents is 1. The Morgan fingerprint density at radius 1 is 1.35 bits per heavy atom. The van der Waals surface area contributed by atoms with E-state index in [-0.39, 0.29) is 17.6 Å². The Kier molecular flexibility index (Phi) is 5.79. The Morgan fingerprint density at radius 2 is 2.00 bits per heavy atom. The molecule has 0 aliphatic carbocycles. The van der Waals surface area contributed by atoms with E-state index in [1.165, 1.54) is 12.1 Å². The van der Waals surface area contributed by atoms with Gasteiger partial charge in [0.15, 0.2) is 0 Å². The topological polar surface area (TPSA) is 78.7 Å². The number of carbonyl (C=O) groups excluding carboxylic acids is 1. The number of nitrogens with zero attached hydrogens (tertiary/aromatic N) is 3. The Morgan fingerprint density at radius 3 is 2.57 bits per heavy atom. The fraction of sp³-hybridized carbons (Fsp3) is 0.533. The van der Waals surface area contributed by atoms with Crippen LogP contribution >= 0.6 is 11.6 Å². The molecule has 1 heterocycles. The summed E-state index contributed by atoms with van der Waals surface area (Å²) in [5, 5.41) is 14.5. The third-order valence-corrected chi connectivity index (χ3v) is 3.90. The van der Waals surface area contributed by atoms with E-state index < -0.39 is 4.92 Å². The molecule has 1 aliphatic rings. The largest absolute Gasteiger partial charge is 0.363 e. The molecule has 2 rings (SSSR count). The van der Waals surface area contributed by atoms with E-state index >= 15 is 0 Å². The van der Waals surface area contributed by atoms with E-state index in [1.807, 2.05) is 23.6 Å². The lowest BCUT2D eigenvalue weighted by atomic mass is 10.2. The summed E-state index contributed by atoms with van der Waals surface area (Å²) in [6.07, 6.45) is 0. The zero-order chi connectivity index (χ0) is 17.0. The molecule has 0 saturated carbocycles. The summed E-state index contributed by atoms with van der Waals surface area (Å²) in [5.74, 6) is 0.00202. The lowest BCUT2D eigenvalue weighted by Gasteiger charge is -2.35. The standard InChI is InChI=1S/C15H21ClN4O3/c1-11(2)17-15(21)10-18-5-7-19(8-6-18)14-9-12(16)3-4-13(14)20(22)23/h3-4,9,11H,5-8,10H2,1-2H3,(H,17,21). The number of nitro groups is 1. The second kappa shape index (κ2) is 7.61. The van der Waals surface area contributed by atoms with E-state index in [0.717, 1.165) is 0 Å². The number of piperazine rings is 1. The molecule has 1 aliphatic heterocycles. The fourth-order valence-corrected chi connectivity index (χ4v) is 2.79. The second-order valence-corrected chi connectivity index (χ2v) is 6.31. The highest BCUT2D eigenvalue weighted by Gasteiger charge is 2.24. The number of hydrogen-bond acceptors (Lipinski definition) is 5. The Labute approximate surface area is 140 Å². The van der Waals surface area contributed by atoms with Crippen LogP contribution in [0.5, 0.6) is 0 Å². The van der Waals surface area contributed by atoms with E-state index in [4.69, 9.17) is 11.6 Å². The van der Waals surface area contributed by atoms with Gasteiger partial charge in [-0.1, -0.05) is 11.6 Å². The van der Waals surface area contributed by atoms with Gasteiger partial charge in [-0.25, -0.2) is 0 Å². The predicted molar refractivity (Wildman–Crippen MR) is 90.0 cm³/mol. The summed E-state index contributed by atoms with van der Waals surface area (Å²) in [6, 6.07) is 4.70. The Balaban J connectivity index is 1.98. The highest BCUT2D eigenvalue weighted by Crippen LogP contribution is 2.31. The van der Waals surface area contributed by atoms with Crippen LogP contribution in [0.2, 0.25) is 5.02 Å². The van der Waals surface area contributed by atoms with Crippen molar-refractivity contribution in [3.05, 3.63) is 33.3 Å². The highest BCUT2D eigenvalue weighted by molar-refractivity contribution is 6.31. The minimum absolute atomic E-state index is 0.00202. The van der Waals surface area contributed by atoms with Gasteiger partial charge in [-0.2, -0.15) is 0 Å². The number of benzene rings is 1. The SMILES string of the molecule is CC(C)NC(=O)CN1CCN(c2cc(Cl)ccc2[N+](=O)[O-])CC1. The first-order valence-electron chi connectivity index (χ1n) is 7.57. The molecule has 0 unspecified atom stereocenters. The van der Waals surface area contributed by atoms with Crippen molar-refractivity contribution in [3.8, 4) is 0 Å². The van der Waals surface area contributed by atoms with Crippen molar-refractivity contribution in [1.82, 2.24) is 10.2 Å². The van der Waals surface area contributed by atoms with Gasteiger partial charge in [-0.3, -0.25) is 19.8 Å². The zero-order valence-corrected chi connectivity index (χ0v) is 14.0. The van der Waals surface area contributed by atoms with E-state index in [0.29, 0.717) is 43.4 Å². The third kappa shape index (κ3) is 4.80. The molecule has 1 aromatic carbocycles. The Bertz CT molecular complexity index is 586. The first-order chi connectivity index (χ1) is 10.9. The van der Waals surface area contributed by atoms with Crippen molar-refractivity contribution < 1.29 is 9.72 Å². The molecular formula is C15H21ClN4O3. The lowest BCUT2D eigenvalue weighted by molar-refractivity contribution is -0.384. The molecule has 0 spiro atoms. The molecule has 1 aromatic rings. The molecule has 1 saturated heterocycles. The quantitative estimate of drug-likeness (QED) is 0.654. The van der Waals surface area contributed by atoms with Gasteiger partial charge < -0.3 is 10.2 Å². The van der Waals surface area contributed by atoms with Crippen LogP contribution in [0, 0.1) is 10.1 Å². The van der Waals surface area contributed by atoms with Crippen molar-refractivity contribution in [3.63, 3.8) is 0 Å². The molecule has 0 atom stereocenters. The maximum Gasteiger partial charge on any atom is 0.292 e. The van der Waals surface area contributed by atoms with Crippen molar-refractivity contribution in [2.45, 2.75) is 19.9 Å². The number of rotatable bonds is 5. The summed E-state index contributed by atoms with van der Waals surface area (Å²) >= 11 is 5.97. The van der Waals surface area contributed by atoms with Crippen LogP contribution in [0.1, 0.15) is 13.8 Å². The van der Waals surface area contributed by atoms with E-state index in [1.54, 1.807) is 6.07 Å². The summed E-state index contributed by atoms with van der Waals surface area (Å²) < 4.78 is 0. The van der Waals surface area contributed by atoms with Gasteiger partial charge in [0.25, 0.3) is 5.69 Å². The predicted octanol–water partition coefficient (Wildman–Crippen LogP) is 1.89. The summed E-state index contributed by atoms with van der Waals surface area (Å²) in [5.41, 5.74) is 0.592. The molecule has 8 heteroatoms. The monoisotopic (exact) mass is 340 g/mol. The minimum Gasteiger partial charge on any atom is -0.363 e. The molecule has 7 nitrogen and oxygen atoms in total. The van der Waals surface area contributed by atoms with Gasteiger partial charge in [0.05, 0.1) is 11.5 Å². The van der Waals surface area contributed by atoms with Crippen LogP contribution in [-0.2, 0) is 4.79 Å². The van der Waals surface area contributed by atoms with E-state index in [2.05, 4.69) is 5.32 Å². The molecular weight excluding hydrogens is 320 g/mol. The van der Waals surface area contributed by atoms with Crippen LogP contribution in [-0.4, -0.2) is 54.5 Å². The molecule has 0 bridgehead atoms. The summed E-state index contributed by atoms with van der Waals surface area (Å²) in [4.78, 5) is 26.5. The molecule has 1 fully saturated rings. The third-order valence-electron chi connectivity index (χ3n) is 3.66. The smallest absolute Gasteiger partial charge is 0.292 e. The van der Waals surface area contributed by atoms with Crippen molar-refractivity contribution in [2.75, 3.05) is 37.6 Å². The summed E-state index contributed by atoms with van der Waals surface area (Å²) in [7, 11) is 0. The number of amides is 1. The lowest BCUT2D eigenvalue weighted by Crippen LogP contribution is -2.50. The van der Waals surface area contributed by atoms with Crippen molar-refractivity contribution in [2.24, 2.45) is 0 Å². The first-order valence-corrected chi connectivity index (χ1v) is 7.95. The van der Waals surface area contributed by atoms with Gasteiger partial charge in [0.2, 0.25) is 5.91 Å². The Hall–Kier alpha value is -1.86. The fourth-order valence-electron chi connectivity index (χ4n) is 2.62. The van der Waals surface area contributed by atoms with Crippen molar-refractivity contribution >= 4 is 28.9 Å². The second-order valence-electron chi connectivity index (χ2n) is 5.88. The van der Waals surface area contributed by atoms with Crippen LogP contribution in [0.4, 0.5) is 11.4 Å². The normalized spacial score (nSPS) is 15.7. The van der Waals surface area contributed by atoms with E-state index in [9.17, 15) is 14.9 Å². The van der Waals surface area contributed by atoms with Gasteiger partial charge in [-0.05, 0) is 26.0 Å². The number of anilines is 1. The maximum atomic E-state index is 11.8. The molecule has 126 valence electrons.